The van der Waals surface area contributed by atoms with Crippen molar-refractivity contribution < 1.29 is 19.1 Å². The first kappa shape index (κ1) is 26.5. The fraction of sp³-hybridized carbons (Fsp3) is 0.321. The Morgan fingerprint density at radius 1 is 1.06 bits per heavy atom. The highest BCUT2D eigenvalue weighted by atomic mass is 16.5. The van der Waals surface area contributed by atoms with Crippen LogP contribution >= 0.6 is 0 Å². The average molecular weight is 491 g/mol. The molecule has 0 atom stereocenters. The van der Waals surface area contributed by atoms with Crippen LogP contribution in [-0.4, -0.2) is 60.1 Å². The predicted octanol–water partition coefficient (Wildman–Crippen LogP) is 3.55. The van der Waals surface area contributed by atoms with E-state index >= 15 is 0 Å². The van der Waals surface area contributed by atoms with Crippen LogP contribution < -0.4 is 14.8 Å². The van der Waals surface area contributed by atoms with Crippen LogP contribution in [0.25, 0.3) is 11.0 Å². The first-order valence-electron chi connectivity index (χ1n) is 11.9. The maximum absolute atomic E-state index is 13.0. The van der Waals surface area contributed by atoms with Crippen molar-refractivity contribution in [2.24, 2.45) is 0 Å². The van der Waals surface area contributed by atoms with E-state index in [-0.39, 0.29) is 24.8 Å². The van der Waals surface area contributed by atoms with Crippen LogP contribution in [0, 0.1) is 0 Å². The summed E-state index contributed by atoms with van der Waals surface area (Å²) in [5.41, 5.74) is 2.60. The Kier molecular flexibility index (Phi) is 9.68. The number of ether oxygens (including phenoxy) is 2. The van der Waals surface area contributed by atoms with E-state index in [0.717, 1.165) is 22.4 Å². The molecule has 3 aromatic rings. The number of nitrogens with zero attached hydrogens (tertiary/aromatic N) is 3. The summed E-state index contributed by atoms with van der Waals surface area (Å²) in [7, 11) is 3.14. The zero-order valence-electron chi connectivity index (χ0n) is 21.0. The normalized spacial score (nSPS) is 10.6. The van der Waals surface area contributed by atoms with Gasteiger partial charge >= 0.3 is 0 Å². The lowest BCUT2D eigenvalue weighted by molar-refractivity contribution is -0.130. The van der Waals surface area contributed by atoms with Gasteiger partial charge in [-0.1, -0.05) is 30.4 Å². The maximum atomic E-state index is 13.0. The summed E-state index contributed by atoms with van der Waals surface area (Å²) in [5.74, 6) is 1.93. The minimum Gasteiger partial charge on any atom is -0.493 e. The Labute approximate surface area is 212 Å². The van der Waals surface area contributed by atoms with Gasteiger partial charge in [0.05, 0.1) is 31.7 Å². The van der Waals surface area contributed by atoms with Crippen LogP contribution in [0.4, 0.5) is 0 Å². The molecular weight excluding hydrogens is 456 g/mol. The number of hydrogen-bond donors (Lipinski definition) is 1. The third-order valence-corrected chi connectivity index (χ3v) is 5.79. The lowest BCUT2D eigenvalue weighted by Gasteiger charge is -2.20. The van der Waals surface area contributed by atoms with Gasteiger partial charge in [-0.2, -0.15) is 0 Å². The topological polar surface area (TPSA) is 85.7 Å². The van der Waals surface area contributed by atoms with E-state index in [9.17, 15) is 9.59 Å². The van der Waals surface area contributed by atoms with E-state index in [0.29, 0.717) is 44.0 Å². The quantitative estimate of drug-likeness (QED) is 0.276. The summed E-state index contributed by atoms with van der Waals surface area (Å²) in [6, 6.07) is 13.2. The first-order valence-corrected chi connectivity index (χ1v) is 11.9. The number of hydrogen-bond acceptors (Lipinski definition) is 5. The van der Waals surface area contributed by atoms with Gasteiger partial charge in [-0.05, 0) is 36.2 Å². The van der Waals surface area contributed by atoms with Crippen molar-refractivity contribution in [2.45, 2.75) is 25.8 Å². The van der Waals surface area contributed by atoms with E-state index in [1.165, 1.54) is 0 Å². The monoisotopic (exact) mass is 490 g/mol. The van der Waals surface area contributed by atoms with Crippen LogP contribution in [0.5, 0.6) is 11.5 Å². The van der Waals surface area contributed by atoms with Gasteiger partial charge in [-0.3, -0.25) is 9.59 Å². The van der Waals surface area contributed by atoms with Gasteiger partial charge in [-0.15, -0.1) is 13.2 Å². The molecule has 1 N–H and O–H groups in total. The Bertz CT molecular complexity index is 1210. The number of rotatable bonds is 14. The molecule has 36 heavy (non-hydrogen) atoms. The van der Waals surface area contributed by atoms with Gasteiger partial charge in [0.15, 0.2) is 11.5 Å². The Morgan fingerprint density at radius 2 is 1.78 bits per heavy atom. The lowest BCUT2D eigenvalue weighted by atomic mass is 10.1. The molecule has 0 aliphatic heterocycles. The molecule has 0 aliphatic carbocycles. The summed E-state index contributed by atoms with van der Waals surface area (Å²) in [6.07, 6.45) is 4.98. The smallest absolute Gasteiger partial charge is 0.243 e. The number of amides is 2. The van der Waals surface area contributed by atoms with Crippen molar-refractivity contribution >= 4 is 22.8 Å². The molecule has 1 aromatic heterocycles. The highest BCUT2D eigenvalue weighted by Crippen LogP contribution is 2.27. The molecule has 0 spiro atoms. The molecule has 0 fully saturated rings. The number of carbonyl (C=O) groups excluding carboxylic acids is 2. The molecule has 0 unspecified atom stereocenters. The number of methoxy groups -OCH3 is 2. The van der Waals surface area contributed by atoms with Crippen LogP contribution in [-0.2, 0) is 29.0 Å². The summed E-state index contributed by atoms with van der Waals surface area (Å²) in [5, 5.41) is 2.97. The predicted molar refractivity (Wildman–Crippen MR) is 141 cm³/mol. The van der Waals surface area contributed by atoms with Crippen molar-refractivity contribution in [2.75, 3.05) is 33.9 Å². The molecule has 0 bridgehead atoms. The van der Waals surface area contributed by atoms with Crippen LogP contribution in [0.1, 0.15) is 17.8 Å². The molecule has 1 heterocycles. The van der Waals surface area contributed by atoms with Crippen molar-refractivity contribution in [3.63, 3.8) is 0 Å². The number of aromatic nitrogens is 2. The second-order valence-corrected chi connectivity index (χ2v) is 8.30. The van der Waals surface area contributed by atoms with Gasteiger partial charge in [0.2, 0.25) is 11.8 Å². The Balaban J connectivity index is 1.61. The maximum Gasteiger partial charge on any atom is 0.243 e. The molecule has 0 radical (unpaired) electrons. The highest BCUT2D eigenvalue weighted by molar-refractivity contribution is 5.81. The van der Waals surface area contributed by atoms with Crippen molar-refractivity contribution in [3.8, 4) is 11.5 Å². The molecule has 8 heteroatoms. The van der Waals surface area contributed by atoms with Gasteiger partial charge < -0.3 is 24.3 Å². The van der Waals surface area contributed by atoms with E-state index in [2.05, 4.69) is 18.5 Å². The second-order valence-electron chi connectivity index (χ2n) is 8.30. The number of aryl methyl sites for hydroxylation is 1. The van der Waals surface area contributed by atoms with Crippen LogP contribution in [0.15, 0.2) is 67.8 Å². The van der Waals surface area contributed by atoms with Crippen molar-refractivity contribution in [1.82, 2.24) is 19.8 Å². The third-order valence-electron chi connectivity index (χ3n) is 5.79. The molecule has 2 amide bonds. The number of nitrogens with one attached hydrogen (secondary N) is 1. The van der Waals surface area contributed by atoms with E-state index in [1.807, 2.05) is 34.9 Å². The van der Waals surface area contributed by atoms with E-state index in [4.69, 9.17) is 14.5 Å². The van der Waals surface area contributed by atoms with Gasteiger partial charge in [0.1, 0.15) is 12.4 Å². The zero-order chi connectivity index (χ0) is 25.9. The number of carbonyl (C=O) groups is 2. The summed E-state index contributed by atoms with van der Waals surface area (Å²) in [6.45, 7) is 9.09. The largest absolute Gasteiger partial charge is 0.493 e. The minimum atomic E-state index is -0.0737. The number of imidazole rings is 1. The molecule has 3 rings (SSSR count). The van der Waals surface area contributed by atoms with Crippen molar-refractivity contribution in [3.05, 3.63) is 79.2 Å². The second kappa shape index (κ2) is 13.1. The molecular formula is C28H34N4O4. The third kappa shape index (κ3) is 6.75. The fourth-order valence-corrected chi connectivity index (χ4v) is 4.03. The lowest BCUT2D eigenvalue weighted by Crippen LogP contribution is -2.34. The van der Waals surface area contributed by atoms with Gasteiger partial charge in [0.25, 0.3) is 0 Å². The molecule has 0 saturated heterocycles. The number of benzene rings is 2. The average Bonchev–Trinajstić information content (AvgIpc) is 3.23. The highest BCUT2D eigenvalue weighted by Gasteiger charge is 2.17. The molecule has 8 nitrogen and oxygen atoms in total. The fourth-order valence-electron chi connectivity index (χ4n) is 4.03. The summed E-state index contributed by atoms with van der Waals surface area (Å²) < 4.78 is 12.5. The molecule has 190 valence electrons. The van der Waals surface area contributed by atoms with E-state index < -0.39 is 0 Å². The molecule has 2 aromatic carbocycles. The number of fused-ring (bicyclic) bond motifs is 1. The number of para-hydroxylation sites is 2. The first-order chi connectivity index (χ1) is 17.5. The van der Waals surface area contributed by atoms with E-state index in [1.54, 1.807) is 43.4 Å². The summed E-state index contributed by atoms with van der Waals surface area (Å²) >= 11 is 0. The van der Waals surface area contributed by atoms with Crippen LogP contribution in [0.3, 0.4) is 0 Å². The summed E-state index contributed by atoms with van der Waals surface area (Å²) in [4.78, 5) is 31.9. The SMILES string of the molecule is C=CCN(CC=C)C(=O)Cn1c(CCCNC(=O)Cc2ccc(OC)c(OC)c2)nc2ccccc21. The molecule has 0 aliphatic rings. The Hall–Kier alpha value is -4.07. The van der Waals surface area contributed by atoms with Crippen molar-refractivity contribution in [1.29, 1.82) is 0 Å². The van der Waals surface area contributed by atoms with Crippen LogP contribution in [0.2, 0.25) is 0 Å². The minimum absolute atomic E-state index is 0.0255. The zero-order valence-corrected chi connectivity index (χ0v) is 21.0. The van der Waals surface area contributed by atoms with Gasteiger partial charge in [-0.25, -0.2) is 4.98 Å². The van der Waals surface area contributed by atoms with Gasteiger partial charge in [0, 0.05) is 26.1 Å². The standard InChI is InChI=1S/C28H34N4O4/c1-5-16-31(17-6-2)28(34)20-32-23-11-8-7-10-22(23)30-26(32)12-9-15-29-27(33)19-21-13-14-24(35-3)25(18-21)36-4/h5-8,10-11,13-14,18H,1-2,9,12,15-17,19-20H2,3-4H3,(H,29,33). The Morgan fingerprint density at radius 3 is 2.47 bits per heavy atom. The molecule has 0 saturated carbocycles.